The summed E-state index contributed by atoms with van der Waals surface area (Å²) in [6.07, 6.45) is 0. The first-order valence-corrected chi connectivity index (χ1v) is 11.4. The van der Waals surface area contributed by atoms with Gasteiger partial charge in [-0.3, -0.25) is 9.13 Å². The van der Waals surface area contributed by atoms with Gasteiger partial charge in [0, 0.05) is 0 Å². The van der Waals surface area contributed by atoms with E-state index in [0.717, 1.165) is 0 Å². The molecular formula is C16H28O7P2. The Hall–Kier alpha value is -0.680. The summed E-state index contributed by atoms with van der Waals surface area (Å²) in [7, 11) is -8.05. The lowest BCUT2D eigenvalue weighted by atomic mass is 10.3. The molecule has 144 valence electrons. The van der Waals surface area contributed by atoms with Crippen molar-refractivity contribution >= 4 is 15.2 Å². The lowest BCUT2D eigenvalue weighted by Gasteiger charge is -2.39. The van der Waals surface area contributed by atoms with Crippen molar-refractivity contribution in [2.24, 2.45) is 0 Å². The molecule has 1 aromatic carbocycles. The fourth-order valence-corrected chi connectivity index (χ4v) is 7.00. The number of hydrogen-bond acceptors (Lipinski definition) is 7. The van der Waals surface area contributed by atoms with Gasteiger partial charge < -0.3 is 22.8 Å². The minimum absolute atomic E-state index is 0.0866. The van der Waals surface area contributed by atoms with Crippen molar-refractivity contribution in [1.29, 1.82) is 0 Å². The molecular weight excluding hydrogens is 366 g/mol. The monoisotopic (exact) mass is 394 g/mol. The van der Waals surface area contributed by atoms with Crippen molar-refractivity contribution in [3.05, 3.63) is 30.3 Å². The summed E-state index contributed by atoms with van der Waals surface area (Å²) in [5.74, 6) is 0.351. The molecule has 9 heteroatoms. The molecule has 0 spiro atoms. The van der Waals surface area contributed by atoms with E-state index in [1.165, 1.54) is 6.92 Å². The van der Waals surface area contributed by atoms with Crippen LogP contribution in [0.2, 0.25) is 0 Å². The number of hydrogen-bond donors (Lipinski definition) is 0. The van der Waals surface area contributed by atoms with Gasteiger partial charge in [-0.1, -0.05) is 18.2 Å². The van der Waals surface area contributed by atoms with E-state index in [-0.39, 0.29) is 26.4 Å². The van der Waals surface area contributed by atoms with Crippen LogP contribution in [0.25, 0.3) is 0 Å². The van der Waals surface area contributed by atoms with Gasteiger partial charge in [0.1, 0.15) is 5.75 Å². The summed E-state index contributed by atoms with van der Waals surface area (Å²) in [5.41, 5.74) is 0. The van der Waals surface area contributed by atoms with E-state index in [2.05, 4.69) is 0 Å². The highest BCUT2D eigenvalue weighted by molar-refractivity contribution is 7.73. The molecule has 0 N–H and O–H groups in total. The zero-order chi connectivity index (χ0) is 19.0. The van der Waals surface area contributed by atoms with E-state index in [0.29, 0.717) is 5.75 Å². The molecule has 1 rings (SSSR count). The van der Waals surface area contributed by atoms with E-state index >= 15 is 0 Å². The van der Waals surface area contributed by atoms with E-state index in [4.69, 9.17) is 22.8 Å². The van der Waals surface area contributed by atoms with Crippen LogP contribution in [0.1, 0.15) is 34.6 Å². The van der Waals surface area contributed by atoms with Gasteiger partial charge in [-0.25, -0.2) is 0 Å². The minimum Gasteiger partial charge on any atom is -0.462 e. The first kappa shape index (κ1) is 22.4. The first-order chi connectivity index (χ1) is 11.8. The van der Waals surface area contributed by atoms with Crippen LogP contribution in [0, 0.1) is 0 Å². The maximum Gasteiger partial charge on any atom is 0.386 e. The van der Waals surface area contributed by atoms with Crippen molar-refractivity contribution in [3.63, 3.8) is 0 Å². The molecule has 0 bridgehead atoms. The Morgan fingerprint density at radius 2 is 1.12 bits per heavy atom. The molecule has 0 aromatic heterocycles. The molecule has 25 heavy (non-hydrogen) atoms. The van der Waals surface area contributed by atoms with Crippen LogP contribution >= 0.6 is 15.2 Å². The molecule has 1 aromatic rings. The normalized spacial score (nSPS) is 13.0. The molecule has 0 amide bonds. The van der Waals surface area contributed by atoms with Crippen LogP contribution < -0.4 is 4.74 Å². The molecule has 0 saturated heterocycles. The largest absolute Gasteiger partial charge is 0.462 e. The van der Waals surface area contributed by atoms with Crippen LogP contribution in [0.5, 0.6) is 5.75 Å². The van der Waals surface area contributed by atoms with Crippen LogP contribution in [0.3, 0.4) is 0 Å². The van der Waals surface area contributed by atoms with Gasteiger partial charge in [0.2, 0.25) is 0 Å². The van der Waals surface area contributed by atoms with Crippen LogP contribution in [0.15, 0.2) is 30.3 Å². The van der Waals surface area contributed by atoms with E-state index in [1.807, 2.05) is 0 Å². The zero-order valence-corrected chi connectivity index (χ0v) is 17.3. The average Bonchev–Trinajstić information content (AvgIpc) is 2.56. The predicted molar refractivity (Wildman–Crippen MR) is 97.2 cm³/mol. The molecule has 0 fully saturated rings. The van der Waals surface area contributed by atoms with Crippen molar-refractivity contribution in [1.82, 2.24) is 0 Å². The van der Waals surface area contributed by atoms with E-state index < -0.39 is 20.3 Å². The van der Waals surface area contributed by atoms with Crippen LogP contribution in [-0.2, 0) is 27.2 Å². The molecule has 0 heterocycles. The second-order valence-corrected chi connectivity index (χ2v) is 10.1. The summed E-state index contributed by atoms with van der Waals surface area (Å²) in [4.78, 5) is 0. The highest BCUT2D eigenvalue weighted by atomic mass is 31.2. The fraction of sp³-hybridized carbons (Fsp3) is 0.625. The van der Waals surface area contributed by atoms with Gasteiger partial charge in [0.05, 0.1) is 26.4 Å². The predicted octanol–water partition coefficient (Wildman–Crippen LogP) is 5.27. The highest BCUT2D eigenvalue weighted by Crippen LogP contribution is 2.77. The topological polar surface area (TPSA) is 80.3 Å². The number of para-hydroxylation sites is 1. The number of benzene rings is 1. The molecule has 0 aliphatic heterocycles. The van der Waals surface area contributed by atoms with Crippen molar-refractivity contribution in [2.75, 3.05) is 26.4 Å². The summed E-state index contributed by atoms with van der Waals surface area (Å²) in [6, 6.07) is 8.60. The highest BCUT2D eigenvalue weighted by Gasteiger charge is 2.65. The Bertz CT molecular complexity index is 556. The SMILES string of the molecule is CCOP(=O)(OCC)C(C)(Oc1ccccc1)P(=O)(OCC)OCC. The van der Waals surface area contributed by atoms with Crippen molar-refractivity contribution in [2.45, 2.75) is 39.7 Å². The third-order valence-electron chi connectivity index (χ3n) is 3.27. The second-order valence-electron chi connectivity index (χ2n) is 5.02. The summed E-state index contributed by atoms with van der Waals surface area (Å²) < 4.78 is 54.7. The molecule has 0 aliphatic carbocycles. The van der Waals surface area contributed by atoms with Crippen LogP contribution in [-0.4, -0.2) is 31.5 Å². The Labute approximate surface area is 150 Å². The van der Waals surface area contributed by atoms with Gasteiger partial charge in [-0.2, -0.15) is 0 Å². The van der Waals surface area contributed by atoms with Gasteiger partial charge in [-0.05, 0) is 46.8 Å². The Morgan fingerprint density at radius 3 is 1.44 bits per heavy atom. The second kappa shape index (κ2) is 9.86. The molecule has 0 saturated carbocycles. The summed E-state index contributed by atoms with van der Waals surface area (Å²) >= 11 is 0. The van der Waals surface area contributed by atoms with Crippen molar-refractivity contribution < 1.29 is 32.0 Å². The van der Waals surface area contributed by atoms with Crippen LogP contribution in [0.4, 0.5) is 0 Å². The summed E-state index contributed by atoms with van der Waals surface area (Å²) in [5, 5.41) is -1.96. The third-order valence-corrected chi connectivity index (χ3v) is 9.34. The molecule has 0 unspecified atom stereocenters. The molecule has 7 nitrogen and oxygen atoms in total. The quantitative estimate of drug-likeness (QED) is 0.447. The Balaban J connectivity index is 3.52. The van der Waals surface area contributed by atoms with E-state index in [1.54, 1.807) is 58.0 Å². The van der Waals surface area contributed by atoms with Gasteiger partial charge in [-0.15, -0.1) is 0 Å². The number of rotatable bonds is 12. The van der Waals surface area contributed by atoms with Gasteiger partial charge >= 0.3 is 20.3 Å². The average molecular weight is 394 g/mol. The molecule has 0 radical (unpaired) electrons. The standard InChI is InChI=1S/C16H28O7P2/c1-6-19-24(17,20-7-2)16(5,23-15-13-11-10-12-14-15)25(18,21-8-3)22-9-4/h10-14H,6-9H2,1-5H3. The lowest BCUT2D eigenvalue weighted by molar-refractivity contribution is 0.107. The van der Waals surface area contributed by atoms with Gasteiger partial charge in [0.15, 0.2) is 0 Å². The molecule has 0 atom stereocenters. The Morgan fingerprint density at radius 1 is 0.760 bits per heavy atom. The third kappa shape index (κ3) is 4.94. The lowest BCUT2D eigenvalue weighted by Crippen LogP contribution is -2.36. The van der Waals surface area contributed by atoms with Gasteiger partial charge in [0.25, 0.3) is 0 Å². The maximum absolute atomic E-state index is 13.5. The minimum atomic E-state index is -4.02. The van der Waals surface area contributed by atoms with E-state index in [9.17, 15) is 9.13 Å². The number of ether oxygens (including phenoxy) is 1. The first-order valence-electron chi connectivity index (χ1n) is 8.34. The smallest absolute Gasteiger partial charge is 0.386 e. The fourth-order valence-electron chi connectivity index (χ4n) is 2.21. The Kier molecular flexibility index (Phi) is 8.82. The maximum atomic E-state index is 13.5. The molecule has 0 aliphatic rings. The zero-order valence-electron chi connectivity index (χ0n) is 15.5. The summed E-state index contributed by atoms with van der Waals surface area (Å²) in [6.45, 7) is 8.40. The van der Waals surface area contributed by atoms with Crippen molar-refractivity contribution in [3.8, 4) is 5.75 Å².